The number of ketones is 1. The summed E-state index contributed by atoms with van der Waals surface area (Å²) in [6, 6.07) is 6.08. The maximum Gasteiger partial charge on any atom is 0.316 e. The number of Topliss-reactive ketones (excluding diaryl/α,β-unsaturated/α-hetero) is 1. The Morgan fingerprint density at radius 1 is 0.829 bits per heavy atom. The molecule has 188 valence electrons. The number of hydrogen-bond donors (Lipinski definition) is 2. The number of nitrogens with one attached hydrogen (secondary N) is 2. The van der Waals surface area contributed by atoms with Crippen molar-refractivity contribution >= 4 is 24.0 Å². The van der Waals surface area contributed by atoms with E-state index in [9.17, 15) is 19.2 Å². The Hall–Kier alpha value is -2.70. The first-order chi connectivity index (χ1) is 17.0. The monoisotopic (exact) mass is 479 g/mol. The molecule has 0 spiro atoms. The number of aldehydes is 1. The lowest BCUT2D eigenvalue weighted by Crippen LogP contribution is -2.58. The van der Waals surface area contributed by atoms with E-state index in [4.69, 9.17) is 0 Å². The number of amides is 3. The van der Waals surface area contributed by atoms with Crippen LogP contribution < -0.4 is 10.6 Å². The second-order valence-electron chi connectivity index (χ2n) is 11.0. The molecule has 3 unspecified atom stereocenters. The van der Waals surface area contributed by atoms with Crippen LogP contribution in [0.1, 0.15) is 68.9 Å². The number of benzene rings is 1. The highest BCUT2D eigenvalue weighted by Gasteiger charge is 2.42. The van der Waals surface area contributed by atoms with E-state index >= 15 is 0 Å². The smallest absolute Gasteiger partial charge is 0.316 e. The van der Waals surface area contributed by atoms with Crippen LogP contribution in [0.5, 0.6) is 0 Å². The minimum atomic E-state index is -0.731. The molecule has 35 heavy (non-hydrogen) atoms. The molecule has 2 saturated carbocycles. The standard InChI is InChI=1S/C28H37N3O4/c32-17-23-11-6-14-31(23)27(34)25(22-15-20-9-4-5-10-21(20)16-22)30-28(35)29-24(26(33)19-12-13-19)18-7-2-1-3-8-18/h4-5,9-10,17-19,22-25H,1-3,6-8,11-16H2,(H2,29,30,35). The third-order valence-electron chi connectivity index (χ3n) is 8.54. The second kappa shape index (κ2) is 10.5. The van der Waals surface area contributed by atoms with Gasteiger partial charge in [-0.2, -0.15) is 0 Å². The van der Waals surface area contributed by atoms with Crippen LogP contribution in [0.25, 0.3) is 0 Å². The van der Waals surface area contributed by atoms with Crippen molar-refractivity contribution in [3.05, 3.63) is 35.4 Å². The van der Waals surface area contributed by atoms with Gasteiger partial charge in [0.05, 0.1) is 12.1 Å². The molecule has 3 aliphatic carbocycles. The van der Waals surface area contributed by atoms with Crippen molar-refractivity contribution in [2.45, 2.75) is 88.8 Å². The van der Waals surface area contributed by atoms with Gasteiger partial charge in [-0.25, -0.2) is 4.79 Å². The van der Waals surface area contributed by atoms with Crippen molar-refractivity contribution in [2.75, 3.05) is 6.54 Å². The zero-order valence-electron chi connectivity index (χ0n) is 20.4. The van der Waals surface area contributed by atoms with Crippen LogP contribution in [0.4, 0.5) is 4.79 Å². The number of hydrogen-bond acceptors (Lipinski definition) is 4. The van der Waals surface area contributed by atoms with Crippen LogP contribution in [0.15, 0.2) is 24.3 Å². The highest BCUT2D eigenvalue weighted by molar-refractivity contribution is 5.94. The van der Waals surface area contributed by atoms with E-state index in [-0.39, 0.29) is 29.4 Å². The Bertz CT molecular complexity index is 944. The summed E-state index contributed by atoms with van der Waals surface area (Å²) in [5, 5.41) is 6.00. The van der Waals surface area contributed by atoms with Gasteiger partial charge in [-0.1, -0.05) is 43.5 Å². The first-order valence-electron chi connectivity index (χ1n) is 13.5. The number of fused-ring (bicyclic) bond motifs is 1. The van der Waals surface area contributed by atoms with Gasteiger partial charge in [0.25, 0.3) is 0 Å². The van der Waals surface area contributed by atoms with Crippen LogP contribution in [-0.4, -0.2) is 53.6 Å². The highest BCUT2D eigenvalue weighted by atomic mass is 16.2. The third-order valence-corrected chi connectivity index (χ3v) is 8.54. The Morgan fingerprint density at radius 2 is 1.49 bits per heavy atom. The van der Waals surface area contributed by atoms with Gasteiger partial charge in [0.1, 0.15) is 12.3 Å². The zero-order chi connectivity index (χ0) is 24.4. The number of carbonyl (C=O) groups excluding carboxylic acids is 4. The van der Waals surface area contributed by atoms with Crippen LogP contribution >= 0.6 is 0 Å². The van der Waals surface area contributed by atoms with E-state index in [1.54, 1.807) is 4.90 Å². The molecule has 1 aliphatic heterocycles. The molecule has 7 nitrogen and oxygen atoms in total. The van der Waals surface area contributed by atoms with Crippen molar-refractivity contribution in [1.29, 1.82) is 0 Å². The van der Waals surface area contributed by atoms with Crippen molar-refractivity contribution in [3.63, 3.8) is 0 Å². The average Bonchev–Trinajstić information content (AvgIpc) is 3.46. The molecule has 1 heterocycles. The number of rotatable bonds is 8. The first-order valence-corrected chi connectivity index (χ1v) is 13.5. The molecule has 1 aromatic carbocycles. The van der Waals surface area contributed by atoms with Crippen molar-refractivity contribution in [3.8, 4) is 0 Å². The molecule has 5 rings (SSSR count). The van der Waals surface area contributed by atoms with E-state index in [2.05, 4.69) is 22.8 Å². The Balaban J connectivity index is 1.33. The van der Waals surface area contributed by atoms with E-state index in [0.717, 1.165) is 51.2 Å². The van der Waals surface area contributed by atoms with Crippen LogP contribution in [0.3, 0.4) is 0 Å². The Kier molecular flexibility index (Phi) is 7.21. The number of nitrogens with zero attached hydrogens (tertiary/aromatic N) is 1. The van der Waals surface area contributed by atoms with E-state index < -0.39 is 24.2 Å². The summed E-state index contributed by atoms with van der Waals surface area (Å²) in [4.78, 5) is 53.4. The van der Waals surface area contributed by atoms with Crippen molar-refractivity contribution < 1.29 is 19.2 Å². The van der Waals surface area contributed by atoms with E-state index in [1.165, 1.54) is 17.5 Å². The molecule has 0 radical (unpaired) electrons. The van der Waals surface area contributed by atoms with Crippen LogP contribution in [-0.2, 0) is 27.2 Å². The molecule has 3 fully saturated rings. The summed E-state index contributed by atoms with van der Waals surface area (Å²) in [5.41, 5.74) is 2.41. The molecule has 2 N–H and O–H groups in total. The molecule has 4 aliphatic rings. The van der Waals surface area contributed by atoms with E-state index in [0.29, 0.717) is 25.8 Å². The summed E-state index contributed by atoms with van der Waals surface area (Å²) >= 11 is 0. The number of carbonyl (C=O) groups is 4. The lowest BCUT2D eigenvalue weighted by Gasteiger charge is -2.33. The quantitative estimate of drug-likeness (QED) is 0.560. The van der Waals surface area contributed by atoms with Crippen molar-refractivity contribution in [1.82, 2.24) is 15.5 Å². The normalized spacial score (nSPS) is 24.5. The summed E-state index contributed by atoms with van der Waals surface area (Å²) in [5.74, 6) is 0.136. The third kappa shape index (κ3) is 5.29. The fourth-order valence-electron chi connectivity index (χ4n) is 6.43. The molecular weight excluding hydrogens is 442 g/mol. The molecule has 3 atom stereocenters. The van der Waals surface area contributed by atoms with Gasteiger partial charge < -0.3 is 20.3 Å². The van der Waals surface area contributed by atoms with Crippen LogP contribution in [0.2, 0.25) is 0 Å². The van der Waals surface area contributed by atoms with Gasteiger partial charge in [0.15, 0.2) is 5.78 Å². The summed E-state index contributed by atoms with van der Waals surface area (Å²) in [6.07, 6.45) is 10.8. The largest absolute Gasteiger partial charge is 0.331 e. The van der Waals surface area contributed by atoms with Gasteiger partial charge >= 0.3 is 6.03 Å². The minimum Gasteiger partial charge on any atom is -0.331 e. The molecule has 1 saturated heterocycles. The lowest BCUT2D eigenvalue weighted by molar-refractivity contribution is -0.137. The zero-order valence-corrected chi connectivity index (χ0v) is 20.4. The van der Waals surface area contributed by atoms with Gasteiger partial charge in [0, 0.05) is 12.5 Å². The Morgan fingerprint density at radius 3 is 2.11 bits per heavy atom. The molecule has 0 bridgehead atoms. The molecule has 0 aromatic heterocycles. The number of urea groups is 1. The highest BCUT2D eigenvalue weighted by Crippen LogP contribution is 2.36. The fourth-order valence-corrected chi connectivity index (χ4v) is 6.43. The maximum atomic E-state index is 13.7. The first kappa shape index (κ1) is 24.0. The van der Waals surface area contributed by atoms with Gasteiger partial charge in [0.2, 0.25) is 5.91 Å². The van der Waals surface area contributed by atoms with E-state index in [1.807, 2.05) is 12.1 Å². The molecule has 1 aromatic rings. The fraction of sp³-hybridized carbons (Fsp3) is 0.643. The summed E-state index contributed by atoms with van der Waals surface area (Å²) in [7, 11) is 0. The molecular formula is C28H37N3O4. The lowest BCUT2D eigenvalue weighted by atomic mass is 9.81. The maximum absolute atomic E-state index is 13.7. The predicted molar refractivity (Wildman–Crippen MR) is 132 cm³/mol. The molecule has 7 heteroatoms. The van der Waals surface area contributed by atoms with Crippen molar-refractivity contribution in [2.24, 2.45) is 17.8 Å². The minimum absolute atomic E-state index is 0.0712. The summed E-state index contributed by atoms with van der Waals surface area (Å²) < 4.78 is 0. The van der Waals surface area contributed by atoms with Gasteiger partial charge in [-0.05, 0) is 74.3 Å². The van der Waals surface area contributed by atoms with Gasteiger partial charge in [-0.15, -0.1) is 0 Å². The predicted octanol–water partition coefficient (Wildman–Crippen LogP) is 3.19. The van der Waals surface area contributed by atoms with Crippen LogP contribution in [0, 0.1) is 17.8 Å². The van der Waals surface area contributed by atoms with Gasteiger partial charge in [-0.3, -0.25) is 9.59 Å². The SMILES string of the molecule is O=CC1CCCN1C(=O)C(NC(=O)NC(C(=O)C1CC1)C1CCCCC1)C1Cc2ccccc2C1. The number of likely N-dealkylation sites (tertiary alicyclic amines) is 1. The second-order valence-corrected chi connectivity index (χ2v) is 11.0. The topological polar surface area (TPSA) is 95.6 Å². The average molecular weight is 480 g/mol. The molecule has 3 amide bonds. The Labute approximate surface area is 207 Å². The summed E-state index contributed by atoms with van der Waals surface area (Å²) in [6.45, 7) is 0.534.